The number of nitrogens with one attached hydrogen (secondary N) is 3. The van der Waals surface area contributed by atoms with Crippen molar-refractivity contribution < 1.29 is 13.2 Å². The van der Waals surface area contributed by atoms with Crippen LogP contribution in [-0.2, 0) is 21.2 Å². The lowest BCUT2D eigenvalue weighted by molar-refractivity contribution is 0.0200. The molecule has 0 bridgehead atoms. The number of guanidine groups is 1. The molecule has 0 amide bonds. The van der Waals surface area contributed by atoms with Crippen LogP contribution in [0.1, 0.15) is 31.7 Å². The van der Waals surface area contributed by atoms with E-state index in [0.29, 0.717) is 32.2 Å². The zero-order valence-electron chi connectivity index (χ0n) is 16.4. The molecule has 1 unspecified atom stereocenters. The van der Waals surface area contributed by atoms with E-state index in [1.807, 2.05) is 31.2 Å². The average molecular weight is 431 g/mol. The largest absolute Gasteiger partial charge is 0.377 e. The van der Waals surface area contributed by atoms with Crippen molar-refractivity contribution in [2.45, 2.75) is 38.7 Å². The van der Waals surface area contributed by atoms with Gasteiger partial charge in [-0.1, -0.05) is 23.7 Å². The van der Waals surface area contributed by atoms with Crippen molar-refractivity contribution >= 4 is 27.6 Å². The minimum absolute atomic E-state index is 0.0162. The third-order valence-electron chi connectivity index (χ3n) is 4.37. The number of aliphatic imine (C=N–C) groups is 1. The highest BCUT2D eigenvalue weighted by molar-refractivity contribution is 7.89. The fraction of sp³-hybridized carbons (Fsp3) is 0.632. The Bertz CT molecular complexity index is 722. The van der Waals surface area contributed by atoms with E-state index in [1.54, 1.807) is 0 Å². The molecule has 9 heteroatoms. The molecule has 1 atom stereocenters. The number of nitrogens with zero attached hydrogens (tertiary/aromatic N) is 1. The van der Waals surface area contributed by atoms with Gasteiger partial charge in [-0.25, -0.2) is 13.1 Å². The molecule has 0 saturated carbocycles. The summed E-state index contributed by atoms with van der Waals surface area (Å²) in [6.07, 6.45) is 3.82. The maximum atomic E-state index is 12.2. The van der Waals surface area contributed by atoms with Gasteiger partial charge >= 0.3 is 0 Å². The summed E-state index contributed by atoms with van der Waals surface area (Å²) in [5.41, 5.74) is 1.13. The van der Waals surface area contributed by atoms with Crippen molar-refractivity contribution in [3.63, 3.8) is 0 Å². The van der Waals surface area contributed by atoms with Gasteiger partial charge in [-0.15, -0.1) is 0 Å². The maximum absolute atomic E-state index is 12.2. The summed E-state index contributed by atoms with van der Waals surface area (Å²) < 4.78 is 32.5. The van der Waals surface area contributed by atoms with Crippen LogP contribution in [0.5, 0.6) is 0 Å². The molecular formula is C19H31ClN4O3S. The van der Waals surface area contributed by atoms with E-state index in [2.05, 4.69) is 20.3 Å². The molecule has 1 aromatic rings. The lowest BCUT2D eigenvalue weighted by atomic mass is 10.1. The van der Waals surface area contributed by atoms with Crippen molar-refractivity contribution in [3.8, 4) is 0 Å². The highest BCUT2D eigenvalue weighted by atomic mass is 35.5. The number of sulfonamides is 1. The zero-order valence-corrected chi connectivity index (χ0v) is 18.0. The first kappa shape index (κ1) is 22.9. The lowest BCUT2D eigenvalue weighted by Gasteiger charge is -2.22. The molecule has 0 spiro atoms. The molecule has 158 valence electrons. The number of halogens is 1. The first-order valence-electron chi connectivity index (χ1n) is 9.84. The van der Waals surface area contributed by atoms with Gasteiger partial charge in [0.15, 0.2) is 5.96 Å². The van der Waals surface area contributed by atoms with Gasteiger partial charge in [-0.3, -0.25) is 4.99 Å². The first-order chi connectivity index (χ1) is 13.5. The van der Waals surface area contributed by atoms with Gasteiger partial charge < -0.3 is 15.4 Å². The molecule has 0 aromatic heterocycles. The third-order valence-corrected chi connectivity index (χ3v) is 5.94. The number of ether oxygens (including phenoxy) is 1. The van der Waals surface area contributed by atoms with Crippen LogP contribution in [0.25, 0.3) is 0 Å². The molecule has 1 aromatic carbocycles. The zero-order chi connectivity index (χ0) is 20.2. The number of benzene rings is 1. The van der Waals surface area contributed by atoms with Crippen molar-refractivity contribution in [2.75, 3.05) is 38.5 Å². The molecule has 28 heavy (non-hydrogen) atoms. The molecular weight excluding hydrogens is 400 g/mol. The van der Waals surface area contributed by atoms with E-state index in [0.717, 1.165) is 36.3 Å². The normalized spacial score (nSPS) is 18.1. The van der Waals surface area contributed by atoms with Crippen molar-refractivity contribution in [1.82, 2.24) is 15.4 Å². The lowest BCUT2D eigenvalue weighted by Crippen LogP contribution is -2.39. The fourth-order valence-corrected chi connectivity index (χ4v) is 4.03. The molecule has 2 rings (SSSR count). The molecule has 1 aliphatic heterocycles. The quantitative estimate of drug-likeness (QED) is 0.389. The minimum Gasteiger partial charge on any atom is -0.377 e. The van der Waals surface area contributed by atoms with E-state index in [9.17, 15) is 8.42 Å². The van der Waals surface area contributed by atoms with Crippen molar-refractivity contribution in [1.29, 1.82) is 0 Å². The minimum atomic E-state index is -3.37. The Balaban J connectivity index is 1.74. The van der Waals surface area contributed by atoms with E-state index >= 15 is 0 Å². The Kier molecular flexibility index (Phi) is 10.0. The van der Waals surface area contributed by atoms with Crippen LogP contribution < -0.4 is 15.4 Å². The Labute approximate surface area is 173 Å². The molecule has 7 nitrogen and oxygen atoms in total. The van der Waals surface area contributed by atoms with Gasteiger partial charge in [-0.2, -0.15) is 0 Å². The smallest absolute Gasteiger partial charge is 0.213 e. The molecule has 1 aliphatic rings. The second-order valence-electron chi connectivity index (χ2n) is 6.72. The molecule has 0 aliphatic carbocycles. The number of rotatable bonds is 10. The third kappa shape index (κ3) is 9.23. The van der Waals surface area contributed by atoms with Crippen LogP contribution in [-0.4, -0.2) is 59.0 Å². The number of hydrogen-bond acceptors (Lipinski definition) is 4. The summed E-state index contributed by atoms with van der Waals surface area (Å²) in [7, 11) is -3.37. The van der Waals surface area contributed by atoms with Crippen LogP contribution in [0.15, 0.2) is 29.3 Å². The summed E-state index contributed by atoms with van der Waals surface area (Å²) in [5, 5.41) is 7.06. The van der Waals surface area contributed by atoms with Crippen molar-refractivity contribution in [3.05, 3.63) is 34.9 Å². The van der Waals surface area contributed by atoms with Gasteiger partial charge in [0.1, 0.15) is 0 Å². The highest BCUT2D eigenvalue weighted by Gasteiger charge is 2.17. The van der Waals surface area contributed by atoms with Crippen LogP contribution in [0.3, 0.4) is 0 Å². The van der Waals surface area contributed by atoms with Crippen LogP contribution in [0.2, 0.25) is 5.02 Å². The van der Waals surface area contributed by atoms with Gasteiger partial charge in [0.2, 0.25) is 10.0 Å². The molecule has 1 saturated heterocycles. The molecule has 0 radical (unpaired) electrons. The average Bonchev–Trinajstić information content (AvgIpc) is 2.67. The Hall–Kier alpha value is -1.35. The van der Waals surface area contributed by atoms with Crippen LogP contribution in [0, 0.1) is 0 Å². The van der Waals surface area contributed by atoms with E-state index in [1.165, 1.54) is 0 Å². The fourth-order valence-electron chi connectivity index (χ4n) is 2.90. The Morgan fingerprint density at radius 2 is 2.18 bits per heavy atom. The van der Waals surface area contributed by atoms with E-state index < -0.39 is 10.0 Å². The summed E-state index contributed by atoms with van der Waals surface area (Å²) in [6, 6.07) is 7.72. The number of hydrogen-bond donors (Lipinski definition) is 3. The second kappa shape index (κ2) is 12.3. The van der Waals surface area contributed by atoms with E-state index in [4.69, 9.17) is 16.3 Å². The SMILES string of the molecule is CCNC(=NCCS(=O)(=O)NCC1CCCCO1)NCCc1cccc(Cl)c1. The summed E-state index contributed by atoms with van der Waals surface area (Å²) in [4.78, 5) is 4.36. The Morgan fingerprint density at radius 3 is 2.89 bits per heavy atom. The molecule has 1 heterocycles. The standard InChI is InChI=1S/C19H31ClN4O3S/c1-2-21-19(22-10-9-16-6-5-7-17(20)14-16)23-11-13-28(25,26)24-15-18-8-3-4-12-27-18/h5-7,14,18,24H,2-4,8-13,15H2,1H3,(H2,21,22,23). The Morgan fingerprint density at radius 1 is 1.32 bits per heavy atom. The highest BCUT2D eigenvalue weighted by Crippen LogP contribution is 2.12. The van der Waals surface area contributed by atoms with Gasteiger partial charge in [0.25, 0.3) is 0 Å². The first-order valence-corrected chi connectivity index (χ1v) is 11.9. The molecule has 1 fully saturated rings. The second-order valence-corrected chi connectivity index (χ2v) is 9.09. The van der Waals surface area contributed by atoms with Gasteiger partial charge in [-0.05, 0) is 50.3 Å². The predicted molar refractivity (Wildman–Crippen MR) is 115 cm³/mol. The molecule has 3 N–H and O–H groups in total. The van der Waals surface area contributed by atoms with E-state index in [-0.39, 0.29) is 18.4 Å². The topological polar surface area (TPSA) is 91.8 Å². The van der Waals surface area contributed by atoms with Crippen LogP contribution in [0.4, 0.5) is 0 Å². The van der Waals surface area contributed by atoms with Gasteiger partial charge in [0, 0.05) is 31.3 Å². The summed E-state index contributed by atoms with van der Waals surface area (Å²) >= 11 is 6.00. The predicted octanol–water partition coefficient (Wildman–Crippen LogP) is 1.93. The maximum Gasteiger partial charge on any atom is 0.213 e. The van der Waals surface area contributed by atoms with Crippen LogP contribution >= 0.6 is 11.6 Å². The van der Waals surface area contributed by atoms with Crippen molar-refractivity contribution in [2.24, 2.45) is 4.99 Å². The summed E-state index contributed by atoms with van der Waals surface area (Å²) in [5.74, 6) is 0.556. The summed E-state index contributed by atoms with van der Waals surface area (Å²) in [6.45, 7) is 4.58. The monoisotopic (exact) mass is 430 g/mol. The van der Waals surface area contributed by atoms with Gasteiger partial charge in [0.05, 0.1) is 18.4 Å².